The third kappa shape index (κ3) is 1.38. The van der Waals surface area contributed by atoms with Crippen molar-refractivity contribution in [1.29, 1.82) is 0 Å². The molecule has 0 atom stereocenters. The Balaban J connectivity index is 2.94. The first-order chi connectivity index (χ1) is 6.20. The second-order valence-corrected chi connectivity index (χ2v) is 3.66. The van der Waals surface area contributed by atoms with Gasteiger partial charge in [-0.05, 0) is 24.6 Å². The number of nitrogens with zero attached hydrogens (tertiary/aromatic N) is 1. The van der Waals surface area contributed by atoms with Crippen LogP contribution >= 0.6 is 23.2 Å². The van der Waals surface area contributed by atoms with E-state index in [4.69, 9.17) is 23.2 Å². The quantitative estimate of drug-likeness (QED) is 0.646. The Kier molecular flexibility index (Phi) is 2.14. The molecule has 0 fully saturated rings. The lowest BCUT2D eigenvalue weighted by molar-refractivity contribution is 1.37. The zero-order valence-corrected chi connectivity index (χ0v) is 8.52. The fraction of sp³-hybridized carbons (Fsp3) is 0.100. The van der Waals surface area contributed by atoms with Gasteiger partial charge in [0.25, 0.3) is 0 Å². The molecule has 0 aliphatic rings. The number of hydrogen-bond donors (Lipinski definition) is 0. The van der Waals surface area contributed by atoms with Crippen LogP contribution in [0, 0.1) is 6.92 Å². The number of aromatic nitrogens is 1. The Morgan fingerprint density at radius 2 is 2.08 bits per heavy atom. The summed E-state index contributed by atoms with van der Waals surface area (Å²) < 4.78 is 0. The molecule has 0 spiro atoms. The number of aryl methyl sites for hydroxylation is 1. The standard InChI is InChI=1S/C10H7Cl2N/c1-6-9(12)8(11)5-7-3-2-4-13-10(6)7/h2-5H,1H3. The van der Waals surface area contributed by atoms with E-state index >= 15 is 0 Å². The summed E-state index contributed by atoms with van der Waals surface area (Å²) >= 11 is 11.9. The number of pyridine rings is 1. The minimum atomic E-state index is 0.583. The lowest BCUT2D eigenvalue weighted by Gasteiger charge is -2.04. The van der Waals surface area contributed by atoms with Gasteiger partial charge >= 0.3 is 0 Å². The molecule has 0 aliphatic heterocycles. The minimum absolute atomic E-state index is 0.583. The Labute approximate surface area is 86.3 Å². The molecule has 66 valence electrons. The van der Waals surface area contributed by atoms with Crippen LogP contribution in [-0.4, -0.2) is 4.98 Å². The van der Waals surface area contributed by atoms with Crippen molar-refractivity contribution < 1.29 is 0 Å². The molecule has 3 heteroatoms. The summed E-state index contributed by atoms with van der Waals surface area (Å²) in [6.07, 6.45) is 1.75. The van der Waals surface area contributed by atoms with Gasteiger partial charge in [-0.15, -0.1) is 0 Å². The minimum Gasteiger partial charge on any atom is -0.256 e. The van der Waals surface area contributed by atoms with Crippen molar-refractivity contribution >= 4 is 34.1 Å². The third-order valence-corrected chi connectivity index (χ3v) is 2.90. The molecule has 1 nitrogen and oxygen atoms in total. The van der Waals surface area contributed by atoms with Crippen molar-refractivity contribution in [1.82, 2.24) is 4.98 Å². The Morgan fingerprint density at radius 3 is 2.85 bits per heavy atom. The number of benzene rings is 1. The van der Waals surface area contributed by atoms with Gasteiger partial charge in [0.1, 0.15) is 0 Å². The lowest BCUT2D eigenvalue weighted by atomic mass is 10.1. The lowest BCUT2D eigenvalue weighted by Crippen LogP contribution is -1.84. The molecule has 2 rings (SSSR count). The maximum atomic E-state index is 5.98. The highest BCUT2D eigenvalue weighted by Crippen LogP contribution is 2.30. The fourth-order valence-corrected chi connectivity index (χ4v) is 1.73. The van der Waals surface area contributed by atoms with Crippen LogP contribution < -0.4 is 0 Å². The highest BCUT2D eigenvalue weighted by molar-refractivity contribution is 6.43. The average molecular weight is 212 g/mol. The van der Waals surface area contributed by atoms with Crippen LogP contribution in [0.3, 0.4) is 0 Å². The molecular formula is C10H7Cl2N. The van der Waals surface area contributed by atoms with Crippen molar-refractivity contribution in [2.45, 2.75) is 6.92 Å². The molecular weight excluding hydrogens is 205 g/mol. The highest BCUT2D eigenvalue weighted by atomic mass is 35.5. The monoisotopic (exact) mass is 211 g/mol. The molecule has 0 bridgehead atoms. The summed E-state index contributed by atoms with van der Waals surface area (Å²) in [5, 5.41) is 2.20. The Hall–Kier alpha value is -0.790. The largest absolute Gasteiger partial charge is 0.256 e. The predicted molar refractivity (Wildman–Crippen MR) is 56.5 cm³/mol. The number of halogens is 2. The summed E-state index contributed by atoms with van der Waals surface area (Å²) in [7, 11) is 0. The van der Waals surface area contributed by atoms with E-state index in [-0.39, 0.29) is 0 Å². The summed E-state index contributed by atoms with van der Waals surface area (Å²) in [6.45, 7) is 1.92. The fourth-order valence-electron chi connectivity index (χ4n) is 1.33. The molecule has 13 heavy (non-hydrogen) atoms. The summed E-state index contributed by atoms with van der Waals surface area (Å²) in [6, 6.07) is 5.68. The predicted octanol–water partition coefficient (Wildman–Crippen LogP) is 3.85. The normalized spacial score (nSPS) is 10.7. The summed E-state index contributed by atoms with van der Waals surface area (Å²) in [5.74, 6) is 0. The summed E-state index contributed by atoms with van der Waals surface area (Å²) in [4.78, 5) is 4.24. The van der Waals surface area contributed by atoms with Crippen LogP contribution in [0.25, 0.3) is 10.9 Å². The van der Waals surface area contributed by atoms with Crippen LogP contribution in [0.4, 0.5) is 0 Å². The van der Waals surface area contributed by atoms with Gasteiger partial charge in [-0.2, -0.15) is 0 Å². The van der Waals surface area contributed by atoms with Crippen LogP contribution in [0.1, 0.15) is 5.56 Å². The number of rotatable bonds is 0. The molecule has 0 saturated carbocycles. The molecule has 1 aromatic carbocycles. The van der Waals surface area contributed by atoms with Crippen molar-refractivity contribution in [3.63, 3.8) is 0 Å². The van der Waals surface area contributed by atoms with Crippen LogP contribution in [0.2, 0.25) is 10.0 Å². The van der Waals surface area contributed by atoms with Crippen molar-refractivity contribution in [2.24, 2.45) is 0 Å². The first kappa shape index (κ1) is 8.79. The molecule has 1 aromatic heterocycles. The zero-order chi connectivity index (χ0) is 9.42. The highest BCUT2D eigenvalue weighted by Gasteiger charge is 2.06. The van der Waals surface area contributed by atoms with Gasteiger partial charge in [-0.25, -0.2) is 0 Å². The first-order valence-corrected chi connectivity index (χ1v) is 4.65. The Morgan fingerprint density at radius 1 is 1.31 bits per heavy atom. The molecule has 0 radical (unpaired) electrons. The molecule has 2 aromatic rings. The molecule has 0 aliphatic carbocycles. The van der Waals surface area contributed by atoms with E-state index in [1.165, 1.54) is 0 Å². The molecule has 0 unspecified atom stereocenters. The van der Waals surface area contributed by atoms with Gasteiger partial charge in [0.15, 0.2) is 0 Å². The summed E-state index contributed by atoms with van der Waals surface area (Å²) in [5.41, 5.74) is 1.85. The zero-order valence-electron chi connectivity index (χ0n) is 7.01. The van der Waals surface area contributed by atoms with Gasteiger partial charge < -0.3 is 0 Å². The van der Waals surface area contributed by atoms with Gasteiger partial charge in [0.05, 0.1) is 15.6 Å². The van der Waals surface area contributed by atoms with Crippen LogP contribution in [0.5, 0.6) is 0 Å². The molecule has 0 saturated heterocycles. The molecule has 1 heterocycles. The third-order valence-electron chi connectivity index (χ3n) is 2.02. The molecule has 0 N–H and O–H groups in total. The van der Waals surface area contributed by atoms with Crippen molar-refractivity contribution in [3.8, 4) is 0 Å². The molecule has 0 amide bonds. The van der Waals surface area contributed by atoms with E-state index < -0.39 is 0 Å². The number of fused-ring (bicyclic) bond motifs is 1. The first-order valence-electron chi connectivity index (χ1n) is 3.89. The van der Waals surface area contributed by atoms with Crippen molar-refractivity contribution in [3.05, 3.63) is 40.0 Å². The second kappa shape index (κ2) is 3.17. The number of hydrogen-bond acceptors (Lipinski definition) is 1. The van der Waals surface area contributed by atoms with E-state index in [1.54, 1.807) is 6.20 Å². The van der Waals surface area contributed by atoms with E-state index in [9.17, 15) is 0 Å². The van der Waals surface area contributed by atoms with Crippen LogP contribution in [0.15, 0.2) is 24.4 Å². The van der Waals surface area contributed by atoms with Gasteiger partial charge in [-0.1, -0.05) is 29.3 Å². The van der Waals surface area contributed by atoms with Gasteiger partial charge in [0, 0.05) is 11.6 Å². The second-order valence-electron chi connectivity index (χ2n) is 2.87. The van der Waals surface area contributed by atoms with E-state index in [2.05, 4.69) is 4.98 Å². The maximum absolute atomic E-state index is 5.98. The van der Waals surface area contributed by atoms with Gasteiger partial charge in [-0.3, -0.25) is 4.98 Å². The van der Waals surface area contributed by atoms with E-state index in [0.717, 1.165) is 16.5 Å². The van der Waals surface area contributed by atoms with Crippen LogP contribution in [-0.2, 0) is 0 Å². The van der Waals surface area contributed by atoms with E-state index in [1.807, 2.05) is 25.1 Å². The van der Waals surface area contributed by atoms with E-state index in [0.29, 0.717) is 10.0 Å². The van der Waals surface area contributed by atoms with Gasteiger partial charge in [0.2, 0.25) is 0 Å². The maximum Gasteiger partial charge on any atom is 0.0747 e. The topological polar surface area (TPSA) is 12.9 Å². The van der Waals surface area contributed by atoms with Crippen molar-refractivity contribution in [2.75, 3.05) is 0 Å². The Bertz CT molecular complexity index is 466. The smallest absolute Gasteiger partial charge is 0.0747 e. The SMILES string of the molecule is Cc1c(Cl)c(Cl)cc2cccnc12. The average Bonchev–Trinajstić information content (AvgIpc) is 2.15.